The molecule has 1 aliphatic rings. The Morgan fingerprint density at radius 1 is 1.50 bits per heavy atom. The van der Waals surface area contributed by atoms with Crippen molar-refractivity contribution in [2.24, 2.45) is 0 Å². The monoisotopic (exact) mass is 268 g/mol. The maximum Gasteiger partial charge on any atom is 0.203 e. The molecule has 5 nitrogen and oxygen atoms in total. The molecule has 3 N–H and O–H groups in total. The molecular weight excluding hydrogens is 248 g/mol. The van der Waals surface area contributed by atoms with Crippen LogP contribution in [0.25, 0.3) is 0 Å². The Morgan fingerprint density at radius 2 is 2.33 bits per heavy atom. The smallest absolute Gasteiger partial charge is 0.203 e. The molecule has 1 aromatic rings. The lowest BCUT2D eigenvalue weighted by Crippen LogP contribution is -2.18. The van der Waals surface area contributed by atoms with E-state index in [9.17, 15) is 0 Å². The molecule has 2 rings (SSSR count). The second-order valence-corrected chi connectivity index (χ2v) is 5.95. The zero-order chi connectivity index (χ0) is 13.0. The molecule has 0 amide bonds. The van der Waals surface area contributed by atoms with Crippen molar-refractivity contribution >= 4 is 23.4 Å². The largest absolute Gasteiger partial charge is 0.490 e. The minimum absolute atomic E-state index is 0.382. The van der Waals surface area contributed by atoms with Crippen LogP contribution in [-0.2, 0) is 0 Å². The Kier molecular flexibility index (Phi) is 4.52. The molecule has 1 aromatic heterocycles. The summed E-state index contributed by atoms with van der Waals surface area (Å²) >= 11 is 2.04. The van der Waals surface area contributed by atoms with E-state index in [2.05, 4.69) is 22.2 Å². The first kappa shape index (κ1) is 13.3. The van der Waals surface area contributed by atoms with E-state index < -0.39 is 0 Å². The molecule has 0 aromatic carbocycles. The van der Waals surface area contributed by atoms with Crippen LogP contribution < -0.4 is 15.8 Å². The lowest BCUT2D eigenvalue weighted by molar-refractivity contribution is 0.414. The number of hydrogen-bond donors (Lipinski definition) is 2. The summed E-state index contributed by atoms with van der Waals surface area (Å²) < 4.78 is 5.24. The lowest BCUT2D eigenvalue weighted by Gasteiger charge is -2.16. The van der Waals surface area contributed by atoms with Gasteiger partial charge >= 0.3 is 0 Å². The van der Waals surface area contributed by atoms with Crippen LogP contribution in [0.15, 0.2) is 6.33 Å². The number of ether oxygens (including phenoxy) is 1. The molecule has 0 bridgehead atoms. The van der Waals surface area contributed by atoms with E-state index in [4.69, 9.17) is 10.5 Å². The number of methoxy groups -OCH3 is 1. The molecule has 2 unspecified atom stereocenters. The number of hydrogen-bond acceptors (Lipinski definition) is 6. The Labute approximate surface area is 112 Å². The molecule has 1 saturated carbocycles. The summed E-state index contributed by atoms with van der Waals surface area (Å²) in [5.74, 6) is 2.81. The zero-order valence-corrected chi connectivity index (χ0v) is 11.7. The van der Waals surface area contributed by atoms with Gasteiger partial charge in [0.05, 0.1) is 7.11 Å². The number of nitrogens with zero attached hydrogens (tertiary/aromatic N) is 2. The van der Waals surface area contributed by atoms with Gasteiger partial charge < -0.3 is 15.8 Å². The Morgan fingerprint density at radius 3 is 3.06 bits per heavy atom. The van der Waals surface area contributed by atoms with Gasteiger partial charge in [-0.3, -0.25) is 0 Å². The van der Waals surface area contributed by atoms with Crippen LogP contribution in [0.4, 0.5) is 11.6 Å². The summed E-state index contributed by atoms with van der Waals surface area (Å²) in [6.07, 6.45) is 5.07. The topological polar surface area (TPSA) is 73.1 Å². The molecule has 2 atom stereocenters. The minimum atomic E-state index is 0.382. The summed E-state index contributed by atoms with van der Waals surface area (Å²) in [6.45, 7) is 2.21. The fourth-order valence-corrected chi connectivity index (χ4v) is 3.49. The highest BCUT2D eigenvalue weighted by Crippen LogP contribution is 2.34. The zero-order valence-electron chi connectivity index (χ0n) is 10.8. The van der Waals surface area contributed by atoms with E-state index in [0.29, 0.717) is 23.4 Å². The number of anilines is 2. The van der Waals surface area contributed by atoms with Crippen LogP contribution in [0.5, 0.6) is 5.75 Å². The number of rotatable bonds is 5. The first-order valence-electron chi connectivity index (χ1n) is 6.27. The number of aromatic nitrogens is 2. The van der Waals surface area contributed by atoms with Crippen LogP contribution in [0.2, 0.25) is 0 Å². The molecule has 0 radical (unpaired) electrons. The maximum atomic E-state index is 5.76. The van der Waals surface area contributed by atoms with Crippen LogP contribution in [-0.4, -0.2) is 34.1 Å². The third kappa shape index (κ3) is 2.98. The highest BCUT2D eigenvalue weighted by atomic mass is 32.2. The average molecular weight is 268 g/mol. The molecule has 1 aliphatic carbocycles. The average Bonchev–Trinajstić information content (AvgIpc) is 2.77. The molecule has 1 fully saturated rings. The highest BCUT2D eigenvalue weighted by Gasteiger charge is 2.25. The predicted octanol–water partition coefficient (Wildman–Crippen LogP) is 2.15. The van der Waals surface area contributed by atoms with Crippen molar-refractivity contribution in [3.05, 3.63) is 6.33 Å². The van der Waals surface area contributed by atoms with Gasteiger partial charge in [0.2, 0.25) is 5.75 Å². The molecule has 0 saturated heterocycles. The van der Waals surface area contributed by atoms with Gasteiger partial charge in [-0.05, 0) is 25.0 Å². The quantitative estimate of drug-likeness (QED) is 0.852. The normalized spacial score (nSPS) is 23.0. The standard InChI is InChI=1S/C12H20N4OS/c1-3-18-9-5-4-8(6-9)16-12-10(17-2)11(13)14-7-15-12/h7-9H,3-6H2,1-2H3,(H3,13,14,15,16). The second-order valence-electron chi connectivity index (χ2n) is 4.37. The predicted molar refractivity (Wildman–Crippen MR) is 76.2 cm³/mol. The number of nitrogen functional groups attached to an aromatic ring is 1. The Hall–Kier alpha value is -1.17. The molecule has 1 heterocycles. The van der Waals surface area contributed by atoms with E-state index in [0.717, 1.165) is 5.25 Å². The van der Waals surface area contributed by atoms with Crippen molar-refractivity contribution in [1.29, 1.82) is 0 Å². The highest BCUT2D eigenvalue weighted by molar-refractivity contribution is 7.99. The number of thioether (sulfide) groups is 1. The van der Waals surface area contributed by atoms with Crippen molar-refractivity contribution < 1.29 is 4.74 Å². The van der Waals surface area contributed by atoms with Crippen molar-refractivity contribution in [3.63, 3.8) is 0 Å². The molecule has 18 heavy (non-hydrogen) atoms. The Bertz CT molecular complexity index is 402. The van der Waals surface area contributed by atoms with Crippen molar-refractivity contribution in [1.82, 2.24) is 9.97 Å². The molecule has 6 heteroatoms. The van der Waals surface area contributed by atoms with Crippen LogP contribution in [0.3, 0.4) is 0 Å². The van der Waals surface area contributed by atoms with Crippen LogP contribution in [0.1, 0.15) is 26.2 Å². The van der Waals surface area contributed by atoms with E-state index in [1.807, 2.05) is 11.8 Å². The van der Waals surface area contributed by atoms with Gasteiger partial charge in [-0.25, -0.2) is 9.97 Å². The van der Waals surface area contributed by atoms with Gasteiger partial charge in [0, 0.05) is 11.3 Å². The summed E-state index contributed by atoms with van der Waals surface area (Å²) in [7, 11) is 1.59. The van der Waals surface area contributed by atoms with E-state index in [-0.39, 0.29) is 0 Å². The van der Waals surface area contributed by atoms with Gasteiger partial charge in [-0.15, -0.1) is 0 Å². The molecule has 0 spiro atoms. The van der Waals surface area contributed by atoms with E-state index >= 15 is 0 Å². The van der Waals surface area contributed by atoms with Gasteiger partial charge in [-0.2, -0.15) is 11.8 Å². The minimum Gasteiger partial charge on any atom is -0.490 e. The van der Waals surface area contributed by atoms with E-state index in [1.54, 1.807) is 7.11 Å². The van der Waals surface area contributed by atoms with Crippen LogP contribution >= 0.6 is 11.8 Å². The van der Waals surface area contributed by atoms with Crippen molar-refractivity contribution in [2.75, 3.05) is 23.9 Å². The summed E-state index contributed by atoms with van der Waals surface area (Å²) in [4.78, 5) is 8.14. The fraction of sp³-hybridized carbons (Fsp3) is 0.667. The Balaban J connectivity index is 2.00. The van der Waals surface area contributed by atoms with E-state index in [1.165, 1.54) is 31.3 Å². The molecule has 0 aliphatic heterocycles. The fourth-order valence-electron chi connectivity index (χ4n) is 2.34. The summed E-state index contributed by atoms with van der Waals surface area (Å²) in [6, 6.07) is 0.456. The third-order valence-corrected chi connectivity index (χ3v) is 4.40. The van der Waals surface area contributed by atoms with Gasteiger partial charge in [0.15, 0.2) is 11.6 Å². The van der Waals surface area contributed by atoms with Gasteiger partial charge in [0.25, 0.3) is 0 Å². The second kappa shape index (κ2) is 6.13. The number of nitrogens with two attached hydrogens (primary N) is 1. The van der Waals surface area contributed by atoms with Crippen molar-refractivity contribution in [2.45, 2.75) is 37.5 Å². The molecule has 100 valence electrons. The summed E-state index contributed by atoms with van der Waals surface area (Å²) in [5, 5.41) is 4.18. The third-order valence-electron chi connectivity index (χ3n) is 3.16. The lowest BCUT2D eigenvalue weighted by atomic mass is 10.2. The summed E-state index contributed by atoms with van der Waals surface area (Å²) in [5.41, 5.74) is 5.76. The van der Waals surface area contributed by atoms with Crippen molar-refractivity contribution in [3.8, 4) is 5.75 Å². The first-order chi connectivity index (χ1) is 8.74. The molecular formula is C12H20N4OS. The van der Waals surface area contributed by atoms with Gasteiger partial charge in [0.1, 0.15) is 6.33 Å². The first-order valence-corrected chi connectivity index (χ1v) is 7.32. The van der Waals surface area contributed by atoms with Crippen LogP contribution in [0, 0.1) is 0 Å². The maximum absolute atomic E-state index is 5.76. The SMILES string of the molecule is CCSC1CCC(Nc2ncnc(N)c2OC)C1. The number of nitrogens with one attached hydrogen (secondary N) is 1. The van der Waals surface area contributed by atoms with Gasteiger partial charge in [-0.1, -0.05) is 6.92 Å².